The third kappa shape index (κ3) is 6.45. The molecule has 0 saturated carbocycles. The summed E-state index contributed by atoms with van der Waals surface area (Å²) in [6.07, 6.45) is 0. The van der Waals surface area contributed by atoms with Gasteiger partial charge in [0.25, 0.3) is 0 Å². The van der Waals surface area contributed by atoms with Crippen LogP contribution in [0.3, 0.4) is 0 Å². The van der Waals surface area contributed by atoms with Gasteiger partial charge in [-0.3, -0.25) is 0 Å². The largest absolute Gasteiger partial charge is 0.374 e. The molecule has 0 unspecified atom stereocenters. The molecule has 0 bridgehead atoms. The topological polar surface area (TPSA) is 18.5 Å². The number of hydrogen-bond donors (Lipinski definition) is 0. The summed E-state index contributed by atoms with van der Waals surface area (Å²) in [4.78, 5) is 0. The van der Waals surface area contributed by atoms with Gasteiger partial charge in [0.1, 0.15) is 0 Å². The number of halogens is 1. The molecule has 0 aromatic heterocycles. The molecule has 1 aromatic carbocycles. The van der Waals surface area contributed by atoms with Crippen molar-refractivity contribution in [1.82, 2.24) is 0 Å². The van der Waals surface area contributed by atoms with E-state index in [0.29, 0.717) is 19.8 Å². The average Bonchev–Trinajstić information content (AvgIpc) is 2.19. The molecule has 2 nitrogen and oxygen atoms in total. The number of hydrogen-bond acceptors (Lipinski definition) is 2. The minimum Gasteiger partial charge on any atom is -0.374 e. The van der Waals surface area contributed by atoms with Gasteiger partial charge in [0, 0.05) is 3.57 Å². The van der Waals surface area contributed by atoms with Gasteiger partial charge in [0.2, 0.25) is 0 Å². The second kappa shape index (κ2) is 6.57. The monoisotopic (exact) mass is 334 g/mol. The highest BCUT2D eigenvalue weighted by Crippen LogP contribution is 2.08. The van der Waals surface area contributed by atoms with E-state index in [9.17, 15) is 0 Å². The minimum absolute atomic E-state index is 0.0772. The molecule has 0 aliphatic heterocycles. The van der Waals surface area contributed by atoms with Gasteiger partial charge in [0.05, 0.1) is 25.4 Å². The molecule has 0 radical (unpaired) electrons. The van der Waals surface area contributed by atoms with Crippen LogP contribution in [-0.2, 0) is 16.1 Å². The van der Waals surface area contributed by atoms with E-state index in [2.05, 4.69) is 46.9 Å². The smallest absolute Gasteiger partial charge is 0.0718 e. The summed E-state index contributed by atoms with van der Waals surface area (Å²) in [5, 5.41) is 0. The Kier molecular flexibility index (Phi) is 5.72. The third-order valence-corrected chi connectivity index (χ3v) is 2.66. The molecule has 90 valence electrons. The lowest BCUT2D eigenvalue weighted by atomic mass is 10.2. The van der Waals surface area contributed by atoms with Crippen LogP contribution in [0.4, 0.5) is 0 Å². The van der Waals surface area contributed by atoms with Crippen LogP contribution < -0.4 is 0 Å². The Hall–Kier alpha value is -0.130. The summed E-state index contributed by atoms with van der Waals surface area (Å²) in [5.41, 5.74) is 1.13. The van der Waals surface area contributed by atoms with E-state index >= 15 is 0 Å². The van der Waals surface area contributed by atoms with Gasteiger partial charge in [-0.05, 0) is 61.1 Å². The van der Waals surface area contributed by atoms with E-state index in [0.717, 1.165) is 0 Å². The molecule has 0 atom stereocenters. The van der Waals surface area contributed by atoms with Gasteiger partial charge in [-0.1, -0.05) is 12.1 Å². The minimum atomic E-state index is -0.0772. The van der Waals surface area contributed by atoms with Gasteiger partial charge in [-0.25, -0.2) is 0 Å². The summed E-state index contributed by atoms with van der Waals surface area (Å²) >= 11 is 2.30. The molecule has 0 saturated heterocycles. The lowest BCUT2D eigenvalue weighted by Crippen LogP contribution is -2.21. The Morgan fingerprint density at radius 2 is 1.69 bits per heavy atom. The lowest BCUT2D eigenvalue weighted by Gasteiger charge is -2.19. The van der Waals surface area contributed by atoms with Gasteiger partial charge < -0.3 is 9.47 Å². The predicted octanol–water partition coefficient (Wildman–Crippen LogP) is 3.62. The first-order chi connectivity index (χ1) is 7.47. The van der Waals surface area contributed by atoms with Crippen LogP contribution in [0, 0.1) is 3.57 Å². The molecule has 0 aliphatic rings. The lowest BCUT2D eigenvalue weighted by molar-refractivity contribution is -0.0376. The van der Waals surface area contributed by atoms with Crippen molar-refractivity contribution in [2.45, 2.75) is 33.0 Å². The molecule has 0 fully saturated rings. The maximum atomic E-state index is 5.56. The molecule has 3 heteroatoms. The molecule has 0 heterocycles. The van der Waals surface area contributed by atoms with Crippen LogP contribution >= 0.6 is 22.6 Å². The Labute approximate surface area is 111 Å². The molecule has 0 aliphatic carbocycles. The van der Waals surface area contributed by atoms with Crippen molar-refractivity contribution in [3.63, 3.8) is 0 Å². The van der Waals surface area contributed by atoms with Crippen molar-refractivity contribution in [3.05, 3.63) is 33.4 Å². The van der Waals surface area contributed by atoms with Crippen LogP contribution in [-0.4, -0.2) is 18.8 Å². The molecular weight excluding hydrogens is 315 g/mol. The van der Waals surface area contributed by atoms with E-state index in [4.69, 9.17) is 9.47 Å². The summed E-state index contributed by atoms with van der Waals surface area (Å²) in [7, 11) is 0. The van der Waals surface area contributed by atoms with Crippen molar-refractivity contribution >= 4 is 22.6 Å². The Morgan fingerprint density at radius 1 is 1.06 bits per heavy atom. The zero-order chi connectivity index (χ0) is 12.0. The van der Waals surface area contributed by atoms with Gasteiger partial charge in [-0.2, -0.15) is 0 Å². The molecule has 1 rings (SSSR count). The van der Waals surface area contributed by atoms with E-state index in [1.54, 1.807) is 0 Å². The van der Waals surface area contributed by atoms with Crippen molar-refractivity contribution in [2.24, 2.45) is 0 Å². The molecule has 0 N–H and O–H groups in total. The zero-order valence-electron chi connectivity index (χ0n) is 10.1. The standard InChI is InChI=1S/C13H19IO2/c1-13(2,3)16-9-8-15-10-11-4-6-12(14)7-5-11/h4-7H,8-10H2,1-3H3. The first-order valence-electron chi connectivity index (χ1n) is 5.43. The molecule has 0 amide bonds. The number of ether oxygens (including phenoxy) is 2. The first kappa shape index (κ1) is 13.9. The van der Waals surface area contributed by atoms with E-state index in [1.165, 1.54) is 9.13 Å². The Balaban J connectivity index is 2.14. The summed E-state index contributed by atoms with van der Waals surface area (Å²) < 4.78 is 12.3. The van der Waals surface area contributed by atoms with E-state index < -0.39 is 0 Å². The second-order valence-corrected chi connectivity index (χ2v) is 5.89. The summed E-state index contributed by atoms with van der Waals surface area (Å²) in [5.74, 6) is 0. The van der Waals surface area contributed by atoms with Crippen molar-refractivity contribution in [3.8, 4) is 0 Å². The van der Waals surface area contributed by atoms with Gasteiger partial charge in [-0.15, -0.1) is 0 Å². The predicted molar refractivity (Wildman–Crippen MR) is 74.5 cm³/mol. The highest BCUT2D eigenvalue weighted by Gasteiger charge is 2.08. The maximum Gasteiger partial charge on any atom is 0.0718 e. The molecular formula is C13H19IO2. The van der Waals surface area contributed by atoms with Crippen LogP contribution in [0.1, 0.15) is 26.3 Å². The average molecular weight is 334 g/mol. The molecule has 1 aromatic rings. The third-order valence-electron chi connectivity index (χ3n) is 1.94. The van der Waals surface area contributed by atoms with Crippen LogP contribution in [0.2, 0.25) is 0 Å². The SMILES string of the molecule is CC(C)(C)OCCOCc1ccc(I)cc1. The molecule has 16 heavy (non-hydrogen) atoms. The normalized spacial score (nSPS) is 11.8. The summed E-state index contributed by atoms with van der Waals surface area (Å²) in [6.45, 7) is 8.09. The highest BCUT2D eigenvalue weighted by atomic mass is 127. The van der Waals surface area contributed by atoms with Crippen LogP contribution in [0.25, 0.3) is 0 Å². The van der Waals surface area contributed by atoms with Crippen molar-refractivity contribution in [2.75, 3.05) is 13.2 Å². The number of benzene rings is 1. The summed E-state index contributed by atoms with van der Waals surface area (Å²) in [6, 6.07) is 8.36. The first-order valence-corrected chi connectivity index (χ1v) is 6.51. The van der Waals surface area contributed by atoms with Crippen molar-refractivity contribution < 1.29 is 9.47 Å². The quantitative estimate of drug-likeness (QED) is 0.605. The number of rotatable bonds is 5. The Bertz CT molecular complexity index is 301. The van der Waals surface area contributed by atoms with Crippen molar-refractivity contribution in [1.29, 1.82) is 0 Å². The van der Waals surface area contributed by atoms with E-state index in [1.807, 2.05) is 20.8 Å². The van der Waals surface area contributed by atoms with Crippen LogP contribution in [0.15, 0.2) is 24.3 Å². The van der Waals surface area contributed by atoms with E-state index in [-0.39, 0.29) is 5.60 Å². The molecule has 0 spiro atoms. The maximum absolute atomic E-state index is 5.56. The zero-order valence-corrected chi connectivity index (χ0v) is 12.3. The Morgan fingerprint density at radius 3 is 2.25 bits per heavy atom. The highest BCUT2D eigenvalue weighted by molar-refractivity contribution is 14.1. The second-order valence-electron chi connectivity index (χ2n) is 4.64. The van der Waals surface area contributed by atoms with Gasteiger partial charge in [0.15, 0.2) is 0 Å². The fourth-order valence-electron chi connectivity index (χ4n) is 1.18. The van der Waals surface area contributed by atoms with Crippen LogP contribution in [0.5, 0.6) is 0 Å². The fourth-order valence-corrected chi connectivity index (χ4v) is 1.54. The van der Waals surface area contributed by atoms with Gasteiger partial charge >= 0.3 is 0 Å². The fraction of sp³-hybridized carbons (Fsp3) is 0.538.